The zero-order chi connectivity index (χ0) is 12.3. The summed E-state index contributed by atoms with van der Waals surface area (Å²) in [5.74, 6) is -1.19. The molecule has 5 nitrogen and oxygen atoms in total. The summed E-state index contributed by atoms with van der Waals surface area (Å²) in [7, 11) is 0. The van der Waals surface area contributed by atoms with Gasteiger partial charge in [0.2, 0.25) is 0 Å². The highest BCUT2D eigenvalue weighted by Gasteiger charge is 2.18. The molecule has 0 bridgehead atoms. The maximum Gasteiger partial charge on any atom is 0.328 e. The second-order valence-electron chi connectivity index (χ2n) is 3.06. The van der Waals surface area contributed by atoms with Crippen molar-refractivity contribution >= 4 is 29.3 Å². The summed E-state index contributed by atoms with van der Waals surface area (Å²) in [6, 6.07) is 3.00. The molecule has 0 spiro atoms. The molecule has 0 aromatic heterocycles. The Morgan fingerprint density at radius 3 is 2.69 bits per heavy atom. The number of carboxylic acid groups (broad SMARTS) is 1. The minimum atomic E-state index is -1.19. The third-order valence-electron chi connectivity index (χ3n) is 1.94. The summed E-state index contributed by atoms with van der Waals surface area (Å²) in [5.41, 5.74) is 0.360. The van der Waals surface area contributed by atoms with Crippen molar-refractivity contribution in [2.24, 2.45) is 0 Å². The predicted molar refractivity (Wildman–Crippen MR) is 59.5 cm³/mol. The molecule has 0 aliphatic rings. The van der Waals surface area contributed by atoms with Crippen molar-refractivity contribution in [2.75, 3.05) is 0 Å². The molecule has 0 fully saturated rings. The van der Waals surface area contributed by atoms with Crippen LogP contribution in [0.3, 0.4) is 0 Å². The highest BCUT2D eigenvalue weighted by molar-refractivity contribution is 6.32. The predicted octanol–water partition coefficient (Wildman–Crippen LogP) is 2.65. The lowest BCUT2D eigenvalue weighted by Gasteiger charge is -2.03. The van der Waals surface area contributed by atoms with E-state index < -0.39 is 10.9 Å². The molecule has 16 heavy (non-hydrogen) atoms. The summed E-state index contributed by atoms with van der Waals surface area (Å²) in [4.78, 5) is 20.6. The van der Waals surface area contributed by atoms with Gasteiger partial charge in [0.15, 0.2) is 0 Å². The Morgan fingerprint density at radius 1 is 1.56 bits per heavy atom. The average Bonchev–Trinajstić information content (AvgIpc) is 2.18. The summed E-state index contributed by atoms with van der Waals surface area (Å²) >= 11 is 5.78. The quantitative estimate of drug-likeness (QED) is 0.501. The SMILES string of the molecule is Cc1ccc(Cl)c(/C=C/C(=O)O)c1[N+](=O)[O-]. The van der Waals surface area contributed by atoms with Crippen LogP contribution in [-0.2, 0) is 4.79 Å². The first kappa shape index (κ1) is 12.2. The molecular weight excluding hydrogens is 234 g/mol. The van der Waals surface area contributed by atoms with E-state index in [1.165, 1.54) is 12.1 Å². The lowest BCUT2D eigenvalue weighted by molar-refractivity contribution is -0.385. The average molecular weight is 242 g/mol. The molecule has 1 aromatic carbocycles. The second-order valence-corrected chi connectivity index (χ2v) is 3.46. The lowest BCUT2D eigenvalue weighted by Crippen LogP contribution is -1.96. The first-order valence-corrected chi connectivity index (χ1v) is 4.65. The highest BCUT2D eigenvalue weighted by Crippen LogP contribution is 2.30. The van der Waals surface area contributed by atoms with E-state index in [0.29, 0.717) is 5.56 Å². The molecule has 0 saturated heterocycles. The van der Waals surface area contributed by atoms with Crippen LogP contribution in [0, 0.1) is 17.0 Å². The van der Waals surface area contributed by atoms with Gasteiger partial charge in [-0.05, 0) is 19.1 Å². The zero-order valence-electron chi connectivity index (χ0n) is 8.31. The van der Waals surface area contributed by atoms with Crippen LogP contribution in [0.5, 0.6) is 0 Å². The molecule has 0 saturated carbocycles. The van der Waals surface area contributed by atoms with E-state index in [1.807, 2.05) is 0 Å². The van der Waals surface area contributed by atoms with Gasteiger partial charge in [-0.15, -0.1) is 0 Å². The normalized spacial score (nSPS) is 10.6. The number of nitro benzene ring substituents is 1. The Hall–Kier alpha value is -1.88. The van der Waals surface area contributed by atoms with Gasteiger partial charge in [0.05, 0.1) is 15.5 Å². The molecule has 0 heterocycles. The van der Waals surface area contributed by atoms with E-state index in [0.717, 1.165) is 12.2 Å². The molecule has 0 atom stereocenters. The number of aryl methyl sites for hydroxylation is 1. The third kappa shape index (κ3) is 2.58. The Kier molecular flexibility index (Phi) is 3.63. The number of nitro groups is 1. The van der Waals surface area contributed by atoms with Gasteiger partial charge in [-0.1, -0.05) is 17.7 Å². The Balaban J connectivity index is 3.40. The topological polar surface area (TPSA) is 80.4 Å². The first-order chi connectivity index (χ1) is 7.43. The number of rotatable bonds is 3. The molecule has 0 radical (unpaired) electrons. The molecule has 6 heteroatoms. The third-order valence-corrected chi connectivity index (χ3v) is 2.27. The van der Waals surface area contributed by atoms with Crippen LogP contribution in [0.1, 0.15) is 11.1 Å². The Labute approximate surface area is 96.1 Å². The molecule has 1 rings (SSSR count). The number of carbonyl (C=O) groups is 1. The monoisotopic (exact) mass is 241 g/mol. The van der Waals surface area contributed by atoms with E-state index in [-0.39, 0.29) is 16.3 Å². The number of halogens is 1. The number of hydrogen-bond donors (Lipinski definition) is 1. The number of hydrogen-bond acceptors (Lipinski definition) is 3. The van der Waals surface area contributed by atoms with Gasteiger partial charge in [0.25, 0.3) is 5.69 Å². The van der Waals surface area contributed by atoms with Crippen molar-refractivity contribution in [2.45, 2.75) is 6.92 Å². The largest absolute Gasteiger partial charge is 0.478 e. The number of carboxylic acids is 1. The van der Waals surface area contributed by atoms with Gasteiger partial charge in [0.1, 0.15) is 0 Å². The van der Waals surface area contributed by atoms with Gasteiger partial charge >= 0.3 is 5.97 Å². The number of benzene rings is 1. The van der Waals surface area contributed by atoms with Gasteiger partial charge in [0, 0.05) is 11.6 Å². The molecule has 0 aliphatic heterocycles. The number of aliphatic carboxylic acids is 1. The van der Waals surface area contributed by atoms with Crippen LogP contribution in [0.25, 0.3) is 6.08 Å². The highest BCUT2D eigenvalue weighted by atomic mass is 35.5. The van der Waals surface area contributed by atoms with Crippen molar-refractivity contribution in [3.8, 4) is 0 Å². The van der Waals surface area contributed by atoms with Crippen molar-refractivity contribution in [3.63, 3.8) is 0 Å². The fraction of sp³-hybridized carbons (Fsp3) is 0.100. The van der Waals surface area contributed by atoms with E-state index in [2.05, 4.69) is 0 Å². The smallest absolute Gasteiger partial charge is 0.328 e. The van der Waals surface area contributed by atoms with Crippen molar-refractivity contribution < 1.29 is 14.8 Å². The fourth-order valence-electron chi connectivity index (χ4n) is 1.25. The fourth-order valence-corrected chi connectivity index (χ4v) is 1.46. The van der Waals surface area contributed by atoms with E-state index in [4.69, 9.17) is 16.7 Å². The standard InChI is InChI=1S/C10H8ClNO4/c1-6-2-4-8(11)7(3-5-9(13)14)10(6)12(15)16/h2-5H,1H3,(H,13,14)/b5-3+. The van der Waals surface area contributed by atoms with Crippen molar-refractivity contribution in [1.82, 2.24) is 0 Å². The lowest BCUT2D eigenvalue weighted by atomic mass is 10.1. The summed E-state index contributed by atoms with van der Waals surface area (Å²) in [5, 5.41) is 19.4. The molecule has 0 amide bonds. The first-order valence-electron chi connectivity index (χ1n) is 4.28. The van der Waals surface area contributed by atoms with Crippen LogP contribution < -0.4 is 0 Å². The van der Waals surface area contributed by atoms with Gasteiger partial charge < -0.3 is 5.11 Å². The zero-order valence-corrected chi connectivity index (χ0v) is 9.06. The molecule has 84 valence electrons. The van der Waals surface area contributed by atoms with Crippen LogP contribution in [-0.4, -0.2) is 16.0 Å². The maximum absolute atomic E-state index is 10.8. The second kappa shape index (κ2) is 4.76. The molecule has 0 unspecified atom stereocenters. The van der Waals surface area contributed by atoms with Crippen LogP contribution >= 0.6 is 11.6 Å². The van der Waals surface area contributed by atoms with Gasteiger partial charge in [-0.2, -0.15) is 0 Å². The van der Waals surface area contributed by atoms with Crippen molar-refractivity contribution in [1.29, 1.82) is 0 Å². The van der Waals surface area contributed by atoms with Crippen LogP contribution in [0.4, 0.5) is 5.69 Å². The Morgan fingerprint density at radius 2 is 2.19 bits per heavy atom. The molecular formula is C10H8ClNO4. The van der Waals surface area contributed by atoms with E-state index in [1.54, 1.807) is 6.92 Å². The maximum atomic E-state index is 10.8. The number of nitrogens with zero attached hydrogens (tertiary/aromatic N) is 1. The summed E-state index contributed by atoms with van der Waals surface area (Å²) < 4.78 is 0. The molecule has 1 aromatic rings. The minimum absolute atomic E-state index is 0.106. The summed E-state index contributed by atoms with van der Waals surface area (Å²) in [6.45, 7) is 1.56. The molecule has 0 aliphatic carbocycles. The summed E-state index contributed by atoms with van der Waals surface area (Å²) in [6.07, 6.45) is 1.93. The van der Waals surface area contributed by atoms with Gasteiger partial charge in [-0.25, -0.2) is 4.79 Å². The van der Waals surface area contributed by atoms with E-state index >= 15 is 0 Å². The Bertz CT molecular complexity index is 482. The van der Waals surface area contributed by atoms with E-state index in [9.17, 15) is 14.9 Å². The van der Waals surface area contributed by atoms with Crippen LogP contribution in [0.15, 0.2) is 18.2 Å². The van der Waals surface area contributed by atoms with Crippen LogP contribution in [0.2, 0.25) is 5.02 Å². The van der Waals surface area contributed by atoms with Gasteiger partial charge in [-0.3, -0.25) is 10.1 Å². The van der Waals surface area contributed by atoms with Crippen molar-refractivity contribution in [3.05, 3.63) is 44.5 Å². The minimum Gasteiger partial charge on any atom is -0.478 e. The molecule has 1 N–H and O–H groups in total.